The highest BCUT2D eigenvalue weighted by Gasteiger charge is 2.41. The van der Waals surface area contributed by atoms with Crippen molar-refractivity contribution in [2.45, 2.75) is 6.92 Å². The largest absolute Gasteiger partial charge is 0.311 e. The van der Waals surface area contributed by atoms with E-state index < -0.39 is 0 Å². The number of nitrogens with zero attached hydrogens (tertiary/aromatic N) is 2. The van der Waals surface area contributed by atoms with Crippen LogP contribution in [0.4, 0.5) is 11.4 Å². The van der Waals surface area contributed by atoms with E-state index in [2.05, 4.69) is 0 Å². The van der Waals surface area contributed by atoms with Crippen LogP contribution in [-0.4, -0.2) is 23.2 Å². The Balaban J connectivity index is 1.87. The summed E-state index contributed by atoms with van der Waals surface area (Å²) in [5, 5.41) is 0. The van der Waals surface area contributed by atoms with Crippen LogP contribution >= 0.6 is 24.0 Å². The molecule has 0 aliphatic carbocycles. The number of amides is 2. The Hall–Kier alpha value is -2.44. The van der Waals surface area contributed by atoms with Gasteiger partial charge in [0.2, 0.25) is 0 Å². The first kappa shape index (κ1) is 16.1. The van der Waals surface area contributed by atoms with Gasteiger partial charge in [-0.1, -0.05) is 60.4 Å². The van der Waals surface area contributed by atoms with Crippen LogP contribution < -0.4 is 9.80 Å². The van der Waals surface area contributed by atoms with E-state index in [1.807, 2.05) is 55.5 Å². The molecule has 124 valence electrons. The fraction of sp³-hybridized carbons (Fsp3) is 0.105. The van der Waals surface area contributed by atoms with Gasteiger partial charge in [0.15, 0.2) is 4.32 Å². The van der Waals surface area contributed by atoms with Crippen molar-refractivity contribution in [1.29, 1.82) is 0 Å². The lowest BCUT2D eigenvalue weighted by molar-refractivity contribution is -0.115. The Morgan fingerprint density at radius 2 is 1.56 bits per heavy atom. The van der Waals surface area contributed by atoms with Gasteiger partial charge in [0.25, 0.3) is 11.8 Å². The number of likely N-dealkylation sites (N-methyl/N-ethyl adjacent to an activating group) is 1. The maximum atomic E-state index is 13.1. The molecular formula is C19H14N2O2S2. The minimum Gasteiger partial charge on any atom is -0.311 e. The Morgan fingerprint density at radius 3 is 2.28 bits per heavy atom. The lowest BCUT2D eigenvalue weighted by atomic mass is 10.1. The van der Waals surface area contributed by atoms with E-state index in [1.54, 1.807) is 11.9 Å². The van der Waals surface area contributed by atoms with Crippen LogP contribution in [0.15, 0.2) is 53.4 Å². The molecule has 0 saturated carbocycles. The van der Waals surface area contributed by atoms with Crippen LogP contribution in [0.3, 0.4) is 0 Å². The predicted octanol–water partition coefficient (Wildman–Crippen LogP) is 3.75. The summed E-state index contributed by atoms with van der Waals surface area (Å²) in [5.74, 6) is -0.413. The number of carbonyl (C=O) groups excluding carboxylic acids is 2. The van der Waals surface area contributed by atoms with Gasteiger partial charge >= 0.3 is 0 Å². The second-order valence-corrected chi connectivity index (χ2v) is 7.52. The zero-order chi connectivity index (χ0) is 17.7. The van der Waals surface area contributed by atoms with Gasteiger partial charge in [-0.05, 0) is 24.6 Å². The summed E-state index contributed by atoms with van der Waals surface area (Å²) in [7, 11) is 1.72. The topological polar surface area (TPSA) is 40.6 Å². The molecule has 0 spiro atoms. The SMILES string of the molecule is Cc1ccccc1N1C(=O)/C(=C2\C(=O)N(C)c3ccccc32)SC1=S. The van der Waals surface area contributed by atoms with Gasteiger partial charge < -0.3 is 4.90 Å². The third-order valence-electron chi connectivity index (χ3n) is 4.41. The molecule has 0 radical (unpaired) electrons. The van der Waals surface area contributed by atoms with Crippen molar-refractivity contribution in [1.82, 2.24) is 0 Å². The van der Waals surface area contributed by atoms with Crippen LogP contribution in [0.1, 0.15) is 11.1 Å². The van der Waals surface area contributed by atoms with E-state index in [-0.39, 0.29) is 11.8 Å². The monoisotopic (exact) mass is 366 g/mol. The maximum absolute atomic E-state index is 13.1. The number of rotatable bonds is 1. The van der Waals surface area contributed by atoms with Gasteiger partial charge in [0.1, 0.15) is 0 Å². The van der Waals surface area contributed by atoms with Crippen molar-refractivity contribution in [3.63, 3.8) is 0 Å². The molecule has 4 nitrogen and oxygen atoms in total. The smallest absolute Gasteiger partial charge is 0.271 e. The number of hydrogen-bond donors (Lipinski definition) is 0. The van der Waals surface area contributed by atoms with Crippen LogP contribution in [-0.2, 0) is 9.59 Å². The summed E-state index contributed by atoms with van der Waals surface area (Å²) in [5.41, 5.74) is 3.74. The van der Waals surface area contributed by atoms with Crippen LogP contribution in [0.2, 0.25) is 0 Å². The first-order valence-corrected chi connectivity index (χ1v) is 8.97. The van der Waals surface area contributed by atoms with Gasteiger partial charge in [-0.15, -0.1) is 0 Å². The zero-order valence-corrected chi connectivity index (χ0v) is 15.3. The lowest BCUT2D eigenvalue weighted by Crippen LogP contribution is -2.29. The van der Waals surface area contributed by atoms with Gasteiger partial charge in [-0.25, -0.2) is 0 Å². The predicted molar refractivity (Wildman–Crippen MR) is 106 cm³/mol. The van der Waals surface area contributed by atoms with Crippen molar-refractivity contribution in [3.8, 4) is 0 Å². The first-order chi connectivity index (χ1) is 12.0. The minimum absolute atomic E-state index is 0.175. The van der Waals surface area contributed by atoms with E-state index in [0.717, 1.165) is 22.5 Å². The molecule has 2 aliphatic heterocycles. The Morgan fingerprint density at radius 1 is 0.920 bits per heavy atom. The van der Waals surface area contributed by atoms with Crippen LogP contribution in [0, 0.1) is 6.92 Å². The van der Waals surface area contributed by atoms with Crippen molar-refractivity contribution in [2.24, 2.45) is 0 Å². The number of thioether (sulfide) groups is 1. The summed E-state index contributed by atoms with van der Waals surface area (Å²) in [6.07, 6.45) is 0. The van der Waals surface area contributed by atoms with Gasteiger partial charge in [0.05, 0.1) is 21.9 Å². The summed E-state index contributed by atoms with van der Waals surface area (Å²) in [4.78, 5) is 29.4. The Kier molecular flexibility index (Phi) is 3.74. The molecule has 0 bridgehead atoms. The number of hydrogen-bond acceptors (Lipinski definition) is 4. The number of para-hydroxylation sites is 2. The molecule has 0 aromatic heterocycles. The molecular weight excluding hydrogens is 352 g/mol. The third-order valence-corrected chi connectivity index (χ3v) is 5.78. The maximum Gasteiger partial charge on any atom is 0.271 e. The molecule has 0 N–H and O–H groups in total. The number of thiocarbonyl (C=S) groups is 1. The molecule has 0 unspecified atom stereocenters. The minimum atomic E-state index is -0.238. The van der Waals surface area contributed by atoms with E-state index in [0.29, 0.717) is 14.8 Å². The fourth-order valence-electron chi connectivity index (χ4n) is 3.13. The van der Waals surface area contributed by atoms with E-state index >= 15 is 0 Å². The molecule has 1 fully saturated rings. The molecule has 2 heterocycles. The van der Waals surface area contributed by atoms with Gasteiger partial charge in [-0.2, -0.15) is 0 Å². The first-order valence-electron chi connectivity index (χ1n) is 7.74. The highest BCUT2D eigenvalue weighted by Crippen LogP contribution is 2.45. The molecule has 2 amide bonds. The number of benzene rings is 2. The zero-order valence-electron chi connectivity index (χ0n) is 13.6. The Bertz CT molecular complexity index is 981. The second kappa shape index (κ2) is 5.82. The molecule has 4 rings (SSSR count). The number of fused-ring (bicyclic) bond motifs is 1. The second-order valence-electron chi connectivity index (χ2n) is 5.88. The molecule has 25 heavy (non-hydrogen) atoms. The van der Waals surface area contributed by atoms with E-state index in [9.17, 15) is 9.59 Å². The lowest BCUT2D eigenvalue weighted by Gasteiger charge is -2.16. The summed E-state index contributed by atoms with van der Waals surface area (Å²) < 4.78 is 0.446. The quantitative estimate of drug-likeness (QED) is 0.569. The summed E-state index contributed by atoms with van der Waals surface area (Å²) >= 11 is 6.64. The van der Waals surface area contributed by atoms with Crippen LogP contribution in [0.25, 0.3) is 5.57 Å². The van der Waals surface area contributed by atoms with Crippen molar-refractivity contribution in [2.75, 3.05) is 16.8 Å². The standard InChI is InChI=1S/C19H14N2O2S2/c1-11-7-3-5-9-13(11)21-18(23)16(25-19(21)24)15-12-8-4-6-10-14(12)20(2)17(15)22/h3-10H,1-2H3/b16-15+. The molecule has 1 saturated heterocycles. The fourth-order valence-corrected chi connectivity index (χ4v) is 4.49. The average Bonchev–Trinajstić information content (AvgIpc) is 3.03. The number of carbonyl (C=O) groups is 2. The number of anilines is 2. The van der Waals surface area contributed by atoms with Gasteiger partial charge in [-0.3, -0.25) is 14.5 Å². The molecule has 2 aromatic rings. The van der Waals surface area contributed by atoms with Crippen molar-refractivity contribution in [3.05, 3.63) is 64.6 Å². The summed E-state index contributed by atoms with van der Waals surface area (Å²) in [6.45, 7) is 1.94. The molecule has 6 heteroatoms. The van der Waals surface area contributed by atoms with Gasteiger partial charge in [0, 0.05) is 12.6 Å². The normalized spacial score (nSPS) is 19.8. The molecule has 0 atom stereocenters. The van der Waals surface area contributed by atoms with Crippen LogP contribution in [0.5, 0.6) is 0 Å². The van der Waals surface area contributed by atoms with E-state index in [1.165, 1.54) is 16.7 Å². The third kappa shape index (κ3) is 2.33. The highest BCUT2D eigenvalue weighted by molar-refractivity contribution is 8.27. The average molecular weight is 366 g/mol. The number of aryl methyl sites for hydroxylation is 1. The highest BCUT2D eigenvalue weighted by atomic mass is 32.2. The van der Waals surface area contributed by atoms with Crippen molar-refractivity contribution < 1.29 is 9.59 Å². The summed E-state index contributed by atoms with van der Waals surface area (Å²) in [6, 6.07) is 15.1. The molecule has 2 aromatic carbocycles. The molecule has 2 aliphatic rings. The van der Waals surface area contributed by atoms with E-state index in [4.69, 9.17) is 12.2 Å². The Labute approximate surface area is 155 Å². The van der Waals surface area contributed by atoms with Crippen molar-refractivity contribution >= 4 is 57.1 Å².